The van der Waals surface area contributed by atoms with Gasteiger partial charge in [-0.05, 0) is 37.5 Å². The highest BCUT2D eigenvalue weighted by Crippen LogP contribution is 2.49. The Labute approximate surface area is 198 Å². The van der Waals surface area contributed by atoms with E-state index in [0.717, 1.165) is 52.9 Å². The summed E-state index contributed by atoms with van der Waals surface area (Å²) in [6.45, 7) is 3.57. The number of nitrogens with one attached hydrogen (secondary N) is 1. The normalized spacial score (nSPS) is 26.6. The molecule has 0 saturated carbocycles. The average molecular weight is 460 g/mol. The molecule has 2 amide bonds. The maximum atomic E-state index is 14.1. The van der Waals surface area contributed by atoms with E-state index in [0.29, 0.717) is 13.1 Å². The first kappa shape index (κ1) is 21.2. The summed E-state index contributed by atoms with van der Waals surface area (Å²) < 4.78 is 11.5. The second-order valence-corrected chi connectivity index (χ2v) is 9.65. The van der Waals surface area contributed by atoms with Gasteiger partial charge in [0.05, 0.1) is 25.5 Å². The molecule has 3 atom stereocenters. The fourth-order valence-electron chi connectivity index (χ4n) is 6.09. The van der Waals surface area contributed by atoms with Crippen molar-refractivity contribution in [3.05, 3.63) is 65.4 Å². The van der Waals surface area contributed by atoms with Gasteiger partial charge in [0.1, 0.15) is 5.75 Å². The number of carbonyl (C=O) groups excluding carboxylic acids is 2. The van der Waals surface area contributed by atoms with Crippen molar-refractivity contribution in [2.24, 2.45) is 0 Å². The van der Waals surface area contributed by atoms with E-state index in [-0.39, 0.29) is 30.4 Å². The Bertz CT molecular complexity index is 1280. The molecule has 176 valence electrons. The predicted molar refractivity (Wildman–Crippen MR) is 128 cm³/mol. The number of amides is 2. The maximum Gasteiger partial charge on any atom is 0.255 e. The Morgan fingerprint density at radius 1 is 1.15 bits per heavy atom. The van der Waals surface area contributed by atoms with Crippen LogP contribution < -0.4 is 4.74 Å². The largest absolute Gasteiger partial charge is 0.496 e. The molecule has 0 radical (unpaired) electrons. The van der Waals surface area contributed by atoms with Gasteiger partial charge in [0.25, 0.3) is 5.91 Å². The summed E-state index contributed by atoms with van der Waals surface area (Å²) in [4.78, 5) is 34.6. The molecule has 7 heteroatoms. The predicted octanol–water partition coefficient (Wildman–Crippen LogP) is 3.39. The molecule has 1 N–H and O–H groups in total. The SMILES string of the molecule is COc1ccccc1[C@H]1CN2C(=O)CN(C[C@@H]3CCCO3)C(=O)[C@]2(C)c2[nH]c3ccccc3c21. The number of hydrogen-bond donors (Lipinski definition) is 1. The molecule has 0 spiro atoms. The van der Waals surface area contributed by atoms with Crippen LogP contribution in [-0.2, 0) is 19.9 Å². The summed E-state index contributed by atoms with van der Waals surface area (Å²) in [5.41, 5.74) is 2.75. The number of rotatable bonds is 4. The molecule has 1 aromatic heterocycles. The number of benzene rings is 2. The first-order chi connectivity index (χ1) is 16.5. The lowest BCUT2D eigenvalue weighted by atomic mass is 9.76. The Kier molecular flexibility index (Phi) is 4.92. The molecule has 4 heterocycles. The van der Waals surface area contributed by atoms with Crippen LogP contribution in [0.2, 0.25) is 0 Å². The average Bonchev–Trinajstić information content (AvgIpc) is 3.51. The smallest absolute Gasteiger partial charge is 0.255 e. The summed E-state index contributed by atoms with van der Waals surface area (Å²) in [6, 6.07) is 16.1. The second kappa shape index (κ2) is 7.87. The summed E-state index contributed by atoms with van der Waals surface area (Å²) in [5.74, 6) is 0.582. The standard InChI is InChI=1S/C27H29N3O4/c1-27-25-24(19-10-3-5-11-21(19)28-25)20(18-9-4-6-12-22(18)33-2)15-30(27)23(31)16-29(26(27)32)14-17-8-7-13-34-17/h3-6,9-12,17,20,28H,7-8,13-16H2,1-2H3/t17-,20+,27-/m0/s1. The number of methoxy groups -OCH3 is 1. The Morgan fingerprint density at radius 2 is 1.94 bits per heavy atom. The fourth-order valence-corrected chi connectivity index (χ4v) is 6.09. The molecule has 0 aliphatic carbocycles. The van der Waals surface area contributed by atoms with Crippen molar-refractivity contribution in [2.45, 2.75) is 37.3 Å². The molecule has 3 aromatic rings. The summed E-state index contributed by atoms with van der Waals surface area (Å²) in [6.07, 6.45) is 1.92. The summed E-state index contributed by atoms with van der Waals surface area (Å²) >= 11 is 0. The lowest BCUT2D eigenvalue weighted by Crippen LogP contribution is -2.68. The number of piperazine rings is 1. The second-order valence-electron chi connectivity index (χ2n) is 9.65. The van der Waals surface area contributed by atoms with Crippen molar-refractivity contribution in [1.82, 2.24) is 14.8 Å². The molecule has 3 aliphatic heterocycles. The summed E-state index contributed by atoms with van der Waals surface area (Å²) in [5, 5.41) is 1.07. The van der Waals surface area contributed by atoms with Gasteiger partial charge >= 0.3 is 0 Å². The van der Waals surface area contributed by atoms with Crippen molar-refractivity contribution in [3.8, 4) is 5.75 Å². The molecule has 0 bridgehead atoms. The van der Waals surface area contributed by atoms with Crippen molar-refractivity contribution in [3.63, 3.8) is 0 Å². The van der Waals surface area contributed by atoms with Crippen LogP contribution in [0.1, 0.15) is 42.5 Å². The van der Waals surface area contributed by atoms with Gasteiger partial charge < -0.3 is 24.3 Å². The zero-order valence-electron chi connectivity index (χ0n) is 19.5. The zero-order valence-corrected chi connectivity index (χ0v) is 19.5. The first-order valence-electron chi connectivity index (χ1n) is 12.0. The molecule has 6 rings (SSSR count). The Balaban J connectivity index is 1.52. The van der Waals surface area contributed by atoms with Crippen LogP contribution in [0.15, 0.2) is 48.5 Å². The lowest BCUT2D eigenvalue weighted by Gasteiger charge is -2.51. The molecule has 2 saturated heterocycles. The maximum absolute atomic E-state index is 14.1. The fraction of sp³-hybridized carbons (Fsp3) is 0.407. The molecule has 0 unspecified atom stereocenters. The van der Waals surface area contributed by atoms with Gasteiger partial charge in [0, 0.05) is 42.1 Å². The number of carbonyl (C=O) groups is 2. The third kappa shape index (κ3) is 2.99. The zero-order chi connectivity index (χ0) is 23.4. The quantitative estimate of drug-likeness (QED) is 0.649. The lowest BCUT2D eigenvalue weighted by molar-refractivity contribution is -0.167. The molecular formula is C27H29N3O4. The van der Waals surface area contributed by atoms with E-state index in [4.69, 9.17) is 9.47 Å². The molecule has 34 heavy (non-hydrogen) atoms. The van der Waals surface area contributed by atoms with E-state index < -0.39 is 5.54 Å². The Hall–Kier alpha value is -3.32. The number of aromatic amines is 1. The third-order valence-corrected chi connectivity index (χ3v) is 7.78. The van der Waals surface area contributed by atoms with Crippen molar-refractivity contribution >= 4 is 22.7 Å². The van der Waals surface area contributed by atoms with Gasteiger partial charge in [-0.3, -0.25) is 9.59 Å². The highest BCUT2D eigenvalue weighted by molar-refractivity contribution is 6.01. The van der Waals surface area contributed by atoms with E-state index >= 15 is 0 Å². The molecular weight excluding hydrogens is 430 g/mol. The molecule has 7 nitrogen and oxygen atoms in total. The van der Waals surface area contributed by atoms with Crippen LogP contribution in [0, 0.1) is 0 Å². The molecule has 2 aromatic carbocycles. The van der Waals surface area contributed by atoms with Crippen LogP contribution in [-0.4, -0.2) is 66.1 Å². The first-order valence-corrected chi connectivity index (χ1v) is 12.0. The van der Waals surface area contributed by atoms with Crippen LogP contribution >= 0.6 is 0 Å². The van der Waals surface area contributed by atoms with E-state index in [1.54, 1.807) is 16.9 Å². The third-order valence-electron chi connectivity index (χ3n) is 7.78. The highest BCUT2D eigenvalue weighted by atomic mass is 16.5. The number of ether oxygens (including phenoxy) is 2. The minimum absolute atomic E-state index is 0.000923. The van der Waals surface area contributed by atoms with E-state index in [2.05, 4.69) is 17.1 Å². The number of para-hydroxylation sites is 2. The molecule has 2 fully saturated rings. The van der Waals surface area contributed by atoms with Gasteiger partial charge in [0.2, 0.25) is 5.91 Å². The number of fused-ring (bicyclic) bond motifs is 5. The number of H-pyrrole nitrogens is 1. The topological polar surface area (TPSA) is 74.9 Å². The minimum Gasteiger partial charge on any atom is -0.496 e. The van der Waals surface area contributed by atoms with Gasteiger partial charge in [-0.25, -0.2) is 0 Å². The molecule has 3 aliphatic rings. The van der Waals surface area contributed by atoms with Gasteiger partial charge in [0.15, 0.2) is 5.54 Å². The van der Waals surface area contributed by atoms with Crippen LogP contribution in [0.4, 0.5) is 0 Å². The Morgan fingerprint density at radius 3 is 2.74 bits per heavy atom. The minimum atomic E-state index is -1.10. The van der Waals surface area contributed by atoms with Gasteiger partial charge in [-0.2, -0.15) is 0 Å². The van der Waals surface area contributed by atoms with Gasteiger partial charge in [-0.15, -0.1) is 0 Å². The van der Waals surface area contributed by atoms with Crippen LogP contribution in [0.5, 0.6) is 5.75 Å². The van der Waals surface area contributed by atoms with E-state index in [9.17, 15) is 9.59 Å². The van der Waals surface area contributed by atoms with E-state index in [1.165, 1.54) is 0 Å². The van der Waals surface area contributed by atoms with Crippen molar-refractivity contribution in [1.29, 1.82) is 0 Å². The van der Waals surface area contributed by atoms with Crippen molar-refractivity contribution in [2.75, 3.05) is 33.4 Å². The van der Waals surface area contributed by atoms with Gasteiger partial charge in [-0.1, -0.05) is 36.4 Å². The number of aromatic nitrogens is 1. The summed E-state index contributed by atoms with van der Waals surface area (Å²) in [7, 11) is 1.67. The van der Waals surface area contributed by atoms with Crippen LogP contribution in [0.3, 0.4) is 0 Å². The monoisotopic (exact) mass is 459 g/mol. The number of hydrogen-bond acceptors (Lipinski definition) is 4. The number of nitrogens with zero attached hydrogens (tertiary/aromatic N) is 2. The van der Waals surface area contributed by atoms with Crippen LogP contribution in [0.25, 0.3) is 10.9 Å². The van der Waals surface area contributed by atoms with E-state index in [1.807, 2.05) is 43.3 Å². The highest BCUT2D eigenvalue weighted by Gasteiger charge is 2.56. The van der Waals surface area contributed by atoms with Crippen molar-refractivity contribution < 1.29 is 19.1 Å².